The second-order valence-corrected chi connectivity index (χ2v) is 6.25. The standard InChI is InChI=1S/C20H27FN4O2.HI/c1-25(2)17-7-5-15(11-16(17)21)13-24-20(22)23-10-9-14-6-8-18(26-3)19(12-14)27-4;/h5-8,11-12H,9-10,13H2,1-4H3,(H3,22,23,24);1H. The molecule has 0 spiro atoms. The fourth-order valence-corrected chi connectivity index (χ4v) is 2.61. The third kappa shape index (κ3) is 6.74. The van der Waals surface area contributed by atoms with E-state index in [0.717, 1.165) is 17.5 Å². The maximum Gasteiger partial charge on any atom is 0.188 e. The highest BCUT2D eigenvalue weighted by Crippen LogP contribution is 2.27. The molecule has 28 heavy (non-hydrogen) atoms. The van der Waals surface area contributed by atoms with Crippen molar-refractivity contribution in [3.05, 3.63) is 53.3 Å². The number of ether oxygens (including phenoxy) is 2. The van der Waals surface area contributed by atoms with Crippen LogP contribution in [0.15, 0.2) is 41.4 Å². The normalized spacial score (nSPS) is 10.8. The van der Waals surface area contributed by atoms with Crippen molar-refractivity contribution in [1.29, 1.82) is 0 Å². The molecule has 0 amide bonds. The van der Waals surface area contributed by atoms with Crippen LogP contribution in [0.5, 0.6) is 11.5 Å². The van der Waals surface area contributed by atoms with E-state index in [2.05, 4.69) is 10.3 Å². The molecule has 0 aliphatic carbocycles. The van der Waals surface area contributed by atoms with Crippen molar-refractivity contribution in [2.75, 3.05) is 39.8 Å². The van der Waals surface area contributed by atoms with Gasteiger partial charge in [-0.3, -0.25) is 0 Å². The van der Waals surface area contributed by atoms with Crippen LogP contribution in [-0.4, -0.2) is 40.8 Å². The molecule has 2 aromatic rings. The molecule has 0 fully saturated rings. The molecule has 0 bridgehead atoms. The van der Waals surface area contributed by atoms with Crippen molar-refractivity contribution < 1.29 is 13.9 Å². The van der Waals surface area contributed by atoms with Gasteiger partial charge in [0.2, 0.25) is 0 Å². The van der Waals surface area contributed by atoms with Crippen LogP contribution in [0.25, 0.3) is 0 Å². The highest BCUT2D eigenvalue weighted by atomic mass is 127. The van der Waals surface area contributed by atoms with Gasteiger partial charge in [0.05, 0.1) is 26.5 Å². The van der Waals surface area contributed by atoms with E-state index in [-0.39, 0.29) is 29.8 Å². The van der Waals surface area contributed by atoms with E-state index in [1.807, 2.05) is 24.3 Å². The first-order valence-electron chi connectivity index (χ1n) is 8.65. The Kier molecular flexibility index (Phi) is 9.84. The molecule has 2 aromatic carbocycles. The van der Waals surface area contributed by atoms with Gasteiger partial charge in [0.25, 0.3) is 0 Å². The molecule has 0 saturated heterocycles. The number of hydrogen-bond acceptors (Lipinski definition) is 4. The van der Waals surface area contributed by atoms with Gasteiger partial charge in [0, 0.05) is 20.6 Å². The lowest BCUT2D eigenvalue weighted by molar-refractivity contribution is 0.354. The molecule has 0 aromatic heterocycles. The molecule has 0 unspecified atom stereocenters. The lowest BCUT2D eigenvalue weighted by Crippen LogP contribution is -2.33. The van der Waals surface area contributed by atoms with Crippen molar-refractivity contribution in [2.24, 2.45) is 10.7 Å². The topological polar surface area (TPSA) is 72.1 Å². The minimum absolute atomic E-state index is 0. The Labute approximate surface area is 182 Å². The van der Waals surface area contributed by atoms with E-state index in [9.17, 15) is 4.39 Å². The fraction of sp³-hybridized carbons (Fsp3) is 0.350. The average Bonchev–Trinajstić information content (AvgIpc) is 2.66. The van der Waals surface area contributed by atoms with Crippen LogP contribution in [0.3, 0.4) is 0 Å². The molecular weight excluding hydrogens is 474 g/mol. The summed E-state index contributed by atoms with van der Waals surface area (Å²) in [5.74, 6) is 1.45. The Bertz CT molecular complexity index is 800. The number of rotatable bonds is 8. The maximum atomic E-state index is 14.0. The molecule has 2 rings (SSSR count). The van der Waals surface area contributed by atoms with Gasteiger partial charge < -0.3 is 25.4 Å². The van der Waals surface area contributed by atoms with E-state index >= 15 is 0 Å². The first-order valence-corrected chi connectivity index (χ1v) is 8.65. The van der Waals surface area contributed by atoms with Crippen LogP contribution in [0.1, 0.15) is 11.1 Å². The molecule has 0 atom stereocenters. The Balaban J connectivity index is 0.00000392. The van der Waals surface area contributed by atoms with Gasteiger partial charge in [-0.1, -0.05) is 12.1 Å². The predicted octanol–water partition coefficient (Wildman–Crippen LogP) is 3.17. The van der Waals surface area contributed by atoms with Gasteiger partial charge in [-0.25, -0.2) is 9.38 Å². The molecule has 8 heteroatoms. The van der Waals surface area contributed by atoms with Gasteiger partial charge in [-0.05, 0) is 41.8 Å². The van der Waals surface area contributed by atoms with Crippen LogP contribution >= 0.6 is 24.0 Å². The van der Waals surface area contributed by atoms with Crippen LogP contribution < -0.4 is 25.4 Å². The van der Waals surface area contributed by atoms with Crippen LogP contribution in [0.4, 0.5) is 10.1 Å². The number of benzene rings is 2. The number of nitrogens with two attached hydrogens (primary N) is 1. The number of hydrogen-bond donors (Lipinski definition) is 2. The van der Waals surface area contributed by atoms with Crippen LogP contribution in [0, 0.1) is 5.82 Å². The van der Waals surface area contributed by atoms with E-state index in [1.54, 1.807) is 39.3 Å². The Hall–Kier alpha value is -2.23. The van der Waals surface area contributed by atoms with Gasteiger partial charge in [0.15, 0.2) is 17.5 Å². The first-order chi connectivity index (χ1) is 12.9. The number of guanidine groups is 1. The maximum absolute atomic E-state index is 14.0. The fourth-order valence-electron chi connectivity index (χ4n) is 2.61. The second-order valence-electron chi connectivity index (χ2n) is 6.25. The Morgan fingerprint density at radius 2 is 1.75 bits per heavy atom. The molecule has 6 nitrogen and oxygen atoms in total. The molecule has 154 valence electrons. The van der Waals surface area contributed by atoms with Crippen molar-refractivity contribution in [1.82, 2.24) is 5.32 Å². The van der Waals surface area contributed by atoms with E-state index in [4.69, 9.17) is 15.2 Å². The van der Waals surface area contributed by atoms with Gasteiger partial charge in [-0.2, -0.15) is 0 Å². The van der Waals surface area contributed by atoms with Gasteiger partial charge >= 0.3 is 0 Å². The Morgan fingerprint density at radius 1 is 1.07 bits per heavy atom. The third-order valence-electron chi connectivity index (χ3n) is 4.09. The summed E-state index contributed by atoms with van der Waals surface area (Å²) in [5, 5.41) is 3.07. The summed E-state index contributed by atoms with van der Waals surface area (Å²) in [4.78, 5) is 5.99. The van der Waals surface area contributed by atoms with Crippen molar-refractivity contribution >= 4 is 35.6 Å². The van der Waals surface area contributed by atoms with Gasteiger partial charge in [0.1, 0.15) is 5.82 Å². The van der Waals surface area contributed by atoms with Crippen molar-refractivity contribution in [3.8, 4) is 11.5 Å². The monoisotopic (exact) mass is 502 g/mol. The number of nitrogens with zero attached hydrogens (tertiary/aromatic N) is 2. The zero-order valence-corrected chi connectivity index (χ0v) is 19.0. The third-order valence-corrected chi connectivity index (χ3v) is 4.09. The number of anilines is 1. The highest BCUT2D eigenvalue weighted by Gasteiger charge is 2.06. The molecule has 0 heterocycles. The molecule has 0 aliphatic rings. The molecular formula is C20H28FIN4O2. The summed E-state index contributed by atoms with van der Waals surface area (Å²) in [6.45, 7) is 0.943. The van der Waals surface area contributed by atoms with Crippen molar-refractivity contribution in [3.63, 3.8) is 0 Å². The van der Waals surface area contributed by atoms with Crippen LogP contribution in [-0.2, 0) is 13.0 Å². The van der Waals surface area contributed by atoms with E-state index in [0.29, 0.717) is 36.2 Å². The number of methoxy groups -OCH3 is 2. The molecule has 0 saturated carbocycles. The SMILES string of the molecule is COc1ccc(CCNC(N)=NCc2ccc(N(C)C)c(F)c2)cc1OC.I. The zero-order chi connectivity index (χ0) is 19.8. The van der Waals surface area contributed by atoms with E-state index in [1.165, 1.54) is 6.07 Å². The van der Waals surface area contributed by atoms with Crippen molar-refractivity contribution in [2.45, 2.75) is 13.0 Å². The molecule has 3 N–H and O–H groups in total. The lowest BCUT2D eigenvalue weighted by atomic mass is 10.1. The number of nitrogens with one attached hydrogen (secondary N) is 1. The summed E-state index contributed by atoms with van der Waals surface area (Å²) in [6, 6.07) is 10.8. The largest absolute Gasteiger partial charge is 0.493 e. The summed E-state index contributed by atoms with van der Waals surface area (Å²) in [6.07, 6.45) is 0.753. The summed E-state index contributed by atoms with van der Waals surface area (Å²) < 4.78 is 24.5. The smallest absolute Gasteiger partial charge is 0.188 e. The first kappa shape index (κ1) is 23.8. The summed E-state index contributed by atoms with van der Waals surface area (Å²) in [5.41, 5.74) is 8.30. The highest BCUT2D eigenvalue weighted by molar-refractivity contribution is 14.0. The lowest BCUT2D eigenvalue weighted by Gasteiger charge is -2.13. The van der Waals surface area contributed by atoms with Crippen LogP contribution in [0.2, 0.25) is 0 Å². The number of aliphatic imine (C=N–C) groups is 1. The quantitative estimate of drug-likeness (QED) is 0.330. The molecule has 0 radical (unpaired) electrons. The minimum atomic E-state index is -0.271. The average molecular weight is 502 g/mol. The summed E-state index contributed by atoms with van der Waals surface area (Å²) in [7, 11) is 6.82. The van der Waals surface area contributed by atoms with E-state index < -0.39 is 0 Å². The number of halogens is 2. The molecule has 0 aliphatic heterocycles. The van der Waals surface area contributed by atoms with Gasteiger partial charge in [-0.15, -0.1) is 24.0 Å². The zero-order valence-electron chi connectivity index (χ0n) is 16.7. The second kappa shape index (κ2) is 11.6. The Morgan fingerprint density at radius 3 is 2.36 bits per heavy atom. The summed E-state index contributed by atoms with van der Waals surface area (Å²) >= 11 is 0. The minimum Gasteiger partial charge on any atom is -0.493 e. The predicted molar refractivity (Wildman–Crippen MR) is 123 cm³/mol.